The van der Waals surface area contributed by atoms with Gasteiger partial charge in [-0.2, -0.15) is 0 Å². The third-order valence-corrected chi connectivity index (χ3v) is 5.42. The van der Waals surface area contributed by atoms with Crippen molar-refractivity contribution in [3.05, 3.63) is 69.5 Å². The molecule has 2 aromatic heterocycles. The number of aryl methyl sites for hydroxylation is 1. The SMILES string of the molecule is CCCn1c(=O)c2ccccc2n2c(SCc3cccc(Cl)c3)nnc12. The molecular formula is C19H17ClN4OS. The first-order chi connectivity index (χ1) is 12.7. The van der Waals surface area contributed by atoms with Crippen LogP contribution >= 0.6 is 23.4 Å². The summed E-state index contributed by atoms with van der Waals surface area (Å²) in [5.74, 6) is 1.31. The Kier molecular flexibility index (Phi) is 4.70. The average Bonchev–Trinajstić information content (AvgIpc) is 3.07. The molecule has 0 aliphatic rings. The van der Waals surface area contributed by atoms with Gasteiger partial charge >= 0.3 is 0 Å². The van der Waals surface area contributed by atoms with Crippen LogP contribution in [-0.2, 0) is 12.3 Å². The molecule has 0 N–H and O–H groups in total. The highest BCUT2D eigenvalue weighted by molar-refractivity contribution is 7.98. The van der Waals surface area contributed by atoms with Gasteiger partial charge in [0.15, 0.2) is 5.16 Å². The molecule has 0 saturated carbocycles. The Morgan fingerprint density at radius 1 is 1.12 bits per heavy atom. The zero-order valence-corrected chi connectivity index (χ0v) is 15.8. The van der Waals surface area contributed by atoms with Gasteiger partial charge in [0.25, 0.3) is 5.56 Å². The van der Waals surface area contributed by atoms with E-state index in [1.54, 1.807) is 16.3 Å². The van der Waals surface area contributed by atoms with Gasteiger partial charge in [-0.15, -0.1) is 10.2 Å². The Morgan fingerprint density at radius 3 is 2.77 bits per heavy atom. The number of hydrogen-bond acceptors (Lipinski definition) is 4. The van der Waals surface area contributed by atoms with E-state index in [9.17, 15) is 4.79 Å². The van der Waals surface area contributed by atoms with Crippen molar-refractivity contribution in [2.45, 2.75) is 30.8 Å². The Morgan fingerprint density at radius 2 is 1.96 bits per heavy atom. The molecule has 5 nitrogen and oxygen atoms in total. The minimum Gasteiger partial charge on any atom is -0.276 e. The summed E-state index contributed by atoms with van der Waals surface area (Å²) in [6.07, 6.45) is 0.853. The predicted molar refractivity (Wildman–Crippen MR) is 106 cm³/mol. The highest BCUT2D eigenvalue weighted by Crippen LogP contribution is 2.25. The van der Waals surface area contributed by atoms with E-state index in [4.69, 9.17) is 11.6 Å². The quantitative estimate of drug-likeness (QED) is 0.478. The summed E-state index contributed by atoms with van der Waals surface area (Å²) in [5.41, 5.74) is 1.93. The van der Waals surface area contributed by atoms with Crippen molar-refractivity contribution >= 4 is 40.0 Å². The van der Waals surface area contributed by atoms with Gasteiger partial charge < -0.3 is 0 Å². The maximum absolute atomic E-state index is 12.8. The molecule has 26 heavy (non-hydrogen) atoms. The van der Waals surface area contributed by atoms with Crippen molar-refractivity contribution < 1.29 is 0 Å². The monoisotopic (exact) mass is 384 g/mol. The van der Waals surface area contributed by atoms with Gasteiger partial charge in [-0.3, -0.25) is 13.8 Å². The number of fused-ring (bicyclic) bond motifs is 3. The van der Waals surface area contributed by atoms with Crippen molar-refractivity contribution in [1.82, 2.24) is 19.2 Å². The lowest BCUT2D eigenvalue weighted by atomic mass is 10.2. The molecule has 0 amide bonds. The second-order valence-corrected chi connectivity index (χ2v) is 7.39. The molecule has 2 heterocycles. The zero-order valence-electron chi connectivity index (χ0n) is 14.2. The van der Waals surface area contributed by atoms with Gasteiger partial charge in [0.1, 0.15) is 0 Å². The van der Waals surface area contributed by atoms with E-state index in [1.807, 2.05) is 59.9 Å². The normalized spacial score (nSPS) is 11.5. The third kappa shape index (κ3) is 2.99. The minimum atomic E-state index is -0.0197. The summed E-state index contributed by atoms with van der Waals surface area (Å²) in [5, 5.41) is 10.8. The van der Waals surface area contributed by atoms with Crippen LogP contribution < -0.4 is 5.56 Å². The van der Waals surface area contributed by atoms with Crippen LogP contribution in [0.5, 0.6) is 0 Å². The van der Waals surface area contributed by atoms with E-state index in [0.29, 0.717) is 17.7 Å². The summed E-state index contributed by atoms with van der Waals surface area (Å²) in [7, 11) is 0. The van der Waals surface area contributed by atoms with Crippen LogP contribution in [0.25, 0.3) is 16.7 Å². The standard InChI is InChI=1S/C19H17ClN4OS/c1-2-10-23-17(25)15-8-3-4-9-16(15)24-18(23)21-22-19(24)26-12-13-6-5-7-14(20)11-13/h3-9,11H,2,10,12H2,1H3. The third-order valence-electron chi connectivity index (χ3n) is 4.18. The van der Waals surface area contributed by atoms with Crippen LogP contribution in [0.3, 0.4) is 0 Å². The van der Waals surface area contributed by atoms with E-state index in [0.717, 1.165) is 33.4 Å². The van der Waals surface area contributed by atoms with E-state index in [2.05, 4.69) is 10.2 Å². The lowest BCUT2D eigenvalue weighted by molar-refractivity contribution is 0.662. The predicted octanol–water partition coefficient (Wildman–Crippen LogP) is 4.40. The van der Waals surface area contributed by atoms with E-state index < -0.39 is 0 Å². The summed E-state index contributed by atoms with van der Waals surface area (Å²) in [4.78, 5) is 12.8. The summed E-state index contributed by atoms with van der Waals surface area (Å²) in [6.45, 7) is 2.66. The fourth-order valence-corrected chi connectivity index (χ4v) is 4.12. The first kappa shape index (κ1) is 17.1. The smallest absolute Gasteiger partial charge is 0.262 e. The van der Waals surface area contributed by atoms with Crippen molar-refractivity contribution in [3.8, 4) is 0 Å². The van der Waals surface area contributed by atoms with E-state index in [-0.39, 0.29) is 5.56 Å². The molecule has 0 fully saturated rings. The Labute approximate surface area is 159 Å². The molecule has 0 aliphatic heterocycles. The highest BCUT2D eigenvalue weighted by Gasteiger charge is 2.16. The number of halogens is 1. The van der Waals surface area contributed by atoms with Crippen LogP contribution in [0.15, 0.2) is 58.5 Å². The van der Waals surface area contributed by atoms with Gasteiger partial charge in [-0.25, -0.2) is 0 Å². The molecule has 0 atom stereocenters. The van der Waals surface area contributed by atoms with Gasteiger partial charge in [-0.05, 0) is 36.2 Å². The molecule has 0 spiro atoms. The molecule has 4 rings (SSSR count). The van der Waals surface area contributed by atoms with E-state index >= 15 is 0 Å². The lowest BCUT2D eigenvalue weighted by Crippen LogP contribution is -2.23. The largest absolute Gasteiger partial charge is 0.276 e. The van der Waals surface area contributed by atoms with Crippen LogP contribution in [0.2, 0.25) is 5.02 Å². The van der Waals surface area contributed by atoms with Crippen molar-refractivity contribution in [2.24, 2.45) is 0 Å². The second-order valence-electron chi connectivity index (χ2n) is 6.01. The summed E-state index contributed by atoms with van der Waals surface area (Å²) >= 11 is 7.65. The molecule has 0 bridgehead atoms. The molecule has 2 aromatic carbocycles. The summed E-state index contributed by atoms with van der Waals surface area (Å²) < 4.78 is 3.68. The van der Waals surface area contributed by atoms with Gasteiger partial charge in [0, 0.05) is 17.3 Å². The first-order valence-corrected chi connectivity index (χ1v) is 9.79. The number of aromatic nitrogens is 4. The number of hydrogen-bond donors (Lipinski definition) is 0. The molecule has 0 saturated heterocycles. The van der Waals surface area contributed by atoms with Gasteiger partial charge in [0.05, 0.1) is 10.9 Å². The van der Waals surface area contributed by atoms with Crippen LogP contribution in [0.4, 0.5) is 0 Å². The average molecular weight is 385 g/mol. The Bertz CT molecular complexity index is 1150. The van der Waals surface area contributed by atoms with Crippen molar-refractivity contribution in [3.63, 3.8) is 0 Å². The maximum atomic E-state index is 12.8. The van der Waals surface area contributed by atoms with Crippen molar-refractivity contribution in [1.29, 1.82) is 0 Å². The van der Waals surface area contributed by atoms with Gasteiger partial charge in [-0.1, -0.05) is 54.6 Å². The fourth-order valence-electron chi connectivity index (χ4n) is 3.03. The lowest BCUT2D eigenvalue weighted by Gasteiger charge is -2.10. The van der Waals surface area contributed by atoms with Crippen LogP contribution in [0.1, 0.15) is 18.9 Å². The molecule has 132 valence electrons. The number of benzene rings is 2. The number of rotatable bonds is 5. The first-order valence-electron chi connectivity index (χ1n) is 8.43. The van der Waals surface area contributed by atoms with Crippen molar-refractivity contribution in [2.75, 3.05) is 0 Å². The maximum Gasteiger partial charge on any atom is 0.262 e. The molecule has 0 radical (unpaired) electrons. The molecule has 0 unspecified atom stereocenters. The number of thioether (sulfide) groups is 1. The van der Waals surface area contributed by atoms with Crippen LogP contribution in [-0.4, -0.2) is 19.2 Å². The van der Waals surface area contributed by atoms with Crippen LogP contribution in [0, 0.1) is 0 Å². The molecule has 4 aromatic rings. The number of para-hydroxylation sites is 1. The zero-order chi connectivity index (χ0) is 18.1. The molecule has 7 heteroatoms. The Hall–Kier alpha value is -2.31. The Balaban J connectivity index is 1.85. The molecule has 0 aliphatic carbocycles. The molecular weight excluding hydrogens is 368 g/mol. The van der Waals surface area contributed by atoms with Gasteiger partial charge in [0.2, 0.25) is 5.78 Å². The highest BCUT2D eigenvalue weighted by atomic mass is 35.5. The number of nitrogens with zero attached hydrogens (tertiary/aromatic N) is 4. The topological polar surface area (TPSA) is 52.2 Å². The minimum absolute atomic E-state index is 0.0197. The second kappa shape index (κ2) is 7.13. The van der Waals surface area contributed by atoms with E-state index in [1.165, 1.54) is 0 Å². The fraction of sp³-hybridized carbons (Fsp3) is 0.211. The summed E-state index contributed by atoms with van der Waals surface area (Å²) in [6, 6.07) is 15.4.